The summed E-state index contributed by atoms with van der Waals surface area (Å²) < 4.78 is 12.7. The molecule has 0 spiro atoms. The summed E-state index contributed by atoms with van der Waals surface area (Å²) in [5.41, 5.74) is 2.30. The lowest BCUT2D eigenvalue weighted by Crippen LogP contribution is -2.09. The Morgan fingerprint density at radius 2 is 1.48 bits per heavy atom. The maximum absolute atomic E-state index is 11.3. The quantitative estimate of drug-likeness (QED) is 0.119. The molecule has 5 rings (SSSR count). The SMILES string of the molecule is CSc1nsc(N=Nc2cc(N=Nc3snc4nc(C)c(C#N)cc34)c(O)c(N=Nc3nc(SC)ns3)c2N(C)C)n1. The van der Waals surface area contributed by atoms with Crippen LogP contribution in [0.15, 0.2) is 53.1 Å². The highest BCUT2D eigenvalue weighted by atomic mass is 32.2. The van der Waals surface area contributed by atoms with E-state index in [1.165, 1.54) is 29.6 Å². The van der Waals surface area contributed by atoms with Crippen molar-refractivity contribution in [1.29, 1.82) is 5.26 Å². The predicted octanol–water partition coefficient (Wildman–Crippen LogP) is 8.04. The molecule has 4 heterocycles. The van der Waals surface area contributed by atoms with Gasteiger partial charge in [0, 0.05) is 37.2 Å². The molecule has 1 N–H and O–H groups in total. The molecule has 0 amide bonds. The standard InChI is InChI=1S/C22H18N14OS5/c1-9-10(8-23)6-11-17(24-9)33-40-18(11)30-28-13-7-12(27-31-19-25-21(38-4)34-41-19)15(36(2)3)14(16(13)37)29-32-20-26-22(39-5)35-42-20/h6-7,37H,1-5H3. The van der Waals surface area contributed by atoms with Crippen LogP contribution < -0.4 is 4.90 Å². The highest BCUT2D eigenvalue weighted by Crippen LogP contribution is 2.51. The molecule has 42 heavy (non-hydrogen) atoms. The van der Waals surface area contributed by atoms with Gasteiger partial charge in [-0.2, -0.15) is 28.4 Å². The Morgan fingerprint density at radius 3 is 2.07 bits per heavy atom. The zero-order valence-corrected chi connectivity index (χ0v) is 26.5. The minimum Gasteiger partial charge on any atom is -0.504 e. The number of azo groups is 3. The molecule has 0 saturated heterocycles. The van der Waals surface area contributed by atoms with Gasteiger partial charge in [-0.05, 0) is 43.1 Å². The molecule has 15 nitrogen and oxygen atoms in total. The summed E-state index contributed by atoms with van der Waals surface area (Å²) in [4.78, 5) is 14.7. The first-order chi connectivity index (χ1) is 20.3. The third-order valence-corrected chi connectivity index (χ3v) is 8.57. The van der Waals surface area contributed by atoms with Crippen LogP contribution in [0.2, 0.25) is 0 Å². The van der Waals surface area contributed by atoms with Gasteiger partial charge < -0.3 is 10.0 Å². The van der Waals surface area contributed by atoms with Crippen LogP contribution in [0.1, 0.15) is 11.3 Å². The Bertz CT molecular complexity index is 1900. The fourth-order valence-corrected chi connectivity index (χ4v) is 6.13. The Labute approximate surface area is 259 Å². The van der Waals surface area contributed by atoms with Gasteiger partial charge in [-0.25, -0.2) is 4.98 Å². The van der Waals surface area contributed by atoms with E-state index >= 15 is 0 Å². The molecule has 0 aliphatic rings. The van der Waals surface area contributed by atoms with Crippen molar-refractivity contribution >= 4 is 107 Å². The number of phenolic OH excluding ortho intramolecular Hbond substituents is 1. The second-order valence-electron chi connectivity index (χ2n) is 8.17. The van der Waals surface area contributed by atoms with E-state index in [1.54, 1.807) is 32.0 Å². The minimum atomic E-state index is -0.291. The fraction of sp³-hybridized carbons (Fsp3) is 0.227. The van der Waals surface area contributed by atoms with Crippen LogP contribution in [0.3, 0.4) is 0 Å². The number of phenols is 1. The Hall–Kier alpha value is -4.03. The van der Waals surface area contributed by atoms with E-state index in [4.69, 9.17) is 0 Å². The van der Waals surface area contributed by atoms with Crippen LogP contribution in [-0.4, -0.2) is 59.8 Å². The molecule has 0 aliphatic heterocycles. The van der Waals surface area contributed by atoms with Gasteiger partial charge in [-0.3, -0.25) is 0 Å². The predicted molar refractivity (Wildman–Crippen MR) is 165 cm³/mol. The molecule has 0 unspecified atom stereocenters. The summed E-state index contributed by atoms with van der Waals surface area (Å²) in [7, 11) is 3.54. The molecule has 0 radical (unpaired) electrons. The van der Waals surface area contributed by atoms with E-state index in [1.807, 2.05) is 12.5 Å². The van der Waals surface area contributed by atoms with Gasteiger partial charge in [0.05, 0.1) is 22.3 Å². The van der Waals surface area contributed by atoms with Crippen LogP contribution in [0.5, 0.6) is 5.75 Å². The van der Waals surface area contributed by atoms with Gasteiger partial charge in [-0.1, -0.05) is 23.5 Å². The van der Waals surface area contributed by atoms with Crippen molar-refractivity contribution in [1.82, 2.24) is 28.1 Å². The van der Waals surface area contributed by atoms with Gasteiger partial charge in [0.25, 0.3) is 0 Å². The normalized spacial score (nSPS) is 11.9. The lowest BCUT2D eigenvalue weighted by atomic mass is 10.1. The first-order valence-electron chi connectivity index (χ1n) is 11.6. The van der Waals surface area contributed by atoms with Crippen LogP contribution in [0.25, 0.3) is 11.0 Å². The molecule has 0 saturated carbocycles. The molecule has 212 valence electrons. The Kier molecular flexibility index (Phi) is 9.03. The van der Waals surface area contributed by atoms with Gasteiger partial charge >= 0.3 is 0 Å². The summed E-state index contributed by atoms with van der Waals surface area (Å²) in [6.45, 7) is 1.74. The lowest BCUT2D eigenvalue weighted by molar-refractivity contribution is 0.477. The number of rotatable bonds is 9. The molecule has 0 bridgehead atoms. The Balaban J connectivity index is 1.63. The largest absolute Gasteiger partial charge is 0.504 e. The van der Waals surface area contributed by atoms with Gasteiger partial charge in [0.2, 0.25) is 20.6 Å². The second-order valence-corrected chi connectivity index (χ2v) is 11.9. The number of anilines is 1. The number of thioether (sulfide) groups is 2. The maximum atomic E-state index is 11.3. The smallest absolute Gasteiger partial charge is 0.250 e. The van der Waals surface area contributed by atoms with Crippen molar-refractivity contribution in [3.05, 3.63) is 23.4 Å². The van der Waals surface area contributed by atoms with E-state index in [2.05, 4.69) is 64.8 Å². The van der Waals surface area contributed by atoms with Crippen LogP contribution in [0, 0.1) is 18.3 Å². The number of aromatic nitrogens is 6. The van der Waals surface area contributed by atoms with Crippen LogP contribution >= 0.6 is 58.1 Å². The molecule has 4 aromatic heterocycles. The summed E-state index contributed by atoms with van der Waals surface area (Å²) in [5, 5.41) is 49.3. The molecule has 0 fully saturated rings. The highest BCUT2D eigenvalue weighted by molar-refractivity contribution is 7.98. The fourth-order valence-electron chi connectivity index (χ4n) is 3.39. The first kappa shape index (κ1) is 29.5. The number of aryl methyl sites for hydroxylation is 1. The number of hydrogen-bond donors (Lipinski definition) is 1. The zero-order chi connectivity index (χ0) is 29.8. The van der Waals surface area contributed by atoms with Crippen molar-refractivity contribution in [3.8, 4) is 11.8 Å². The average molecular weight is 655 g/mol. The van der Waals surface area contributed by atoms with E-state index in [-0.39, 0.29) is 17.1 Å². The number of nitrogens with zero attached hydrogens (tertiary/aromatic N) is 14. The monoisotopic (exact) mass is 654 g/mol. The molecule has 5 aromatic rings. The Morgan fingerprint density at radius 1 is 0.833 bits per heavy atom. The van der Waals surface area contributed by atoms with Crippen molar-refractivity contribution in [3.63, 3.8) is 0 Å². The number of fused-ring (bicyclic) bond motifs is 1. The van der Waals surface area contributed by atoms with E-state index in [0.29, 0.717) is 59.2 Å². The third kappa shape index (κ3) is 6.24. The number of nitriles is 1. The average Bonchev–Trinajstić information content (AvgIpc) is 3.74. The van der Waals surface area contributed by atoms with Crippen molar-refractivity contribution in [2.24, 2.45) is 30.7 Å². The topological polar surface area (TPSA) is 199 Å². The van der Waals surface area contributed by atoms with Gasteiger partial charge in [-0.15, -0.1) is 30.7 Å². The number of pyridine rings is 1. The van der Waals surface area contributed by atoms with Crippen LogP contribution in [-0.2, 0) is 0 Å². The van der Waals surface area contributed by atoms with E-state index in [0.717, 1.165) is 34.6 Å². The number of benzene rings is 1. The van der Waals surface area contributed by atoms with Crippen LogP contribution in [0.4, 0.5) is 38.0 Å². The van der Waals surface area contributed by atoms with Crippen molar-refractivity contribution in [2.45, 2.75) is 17.2 Å². The summed E-state index contributed by atoms with van der Waals surface area (Å²) >= 11 is 6.03. The lowest BCUT2D eigenvalue weighted by Gasteiger charge is -2.18. The number of aromatic hydroxyl groups is 1. The molecule has 0 atom stereocenters. The zero-order valence-electron chi connectivity index (χ0n) is 22.4. The maximum Gasteiger partial charge on any atom is 0.250 e. The van der Waals surface area contributed by atoms with Crippen molar-refractivity contribution < 1.29 is 5.11 Å². The molecular formula is C22H18N14OS5. The molecule has 20 heteroatoms. The van der Waals surface area contributed by atoms with E-state index in [9.17, 15) is 10.4 Å². The molecule has 1 aromatic carbocycles. The third-order valence-electron chi connectivity index (χ3n) is 5.30. The second kappa shape index (κ2) is 12.9. The summed E-state index contributed by atoms with van der Waals surface area (Å²) in [6, 6.07) is 5.31. The molecule has 0 aliphatic carbocycles. The van der Waals surface area contributed by atoms with Gasteiger partial charge in [0.15, 0.2) is 22.1 Å². The summed E-state index contributed by atoms with van der Waals surface area (Å²) in [6.07, 6.45) is 3.72. The van der Waals surface area contributed by atoms with E-state index < -0.39 is 0 Å². The first-order valence-corrected chi connectivity index (χ1v) is 16.3. The molecular weight excluding hydrogens is 637 g/mol. The van der Waals surface area contributed by atoms with Crippen molar-refractivity contribution in [2.75, 3.05) is 31.5 Å². The number of hydrogen-bond acceptors (Lipinski definition) is 20. The summed E-state index contributed by atoms with van der Waals surface area (Å²) in [5.74, 6) is -0.291. The minimum absolute atomic E-state index is 0.0507. The van der Waals surface area contributed by atoms with Gasteiger partial charge in [0.1, 0.15) is 17.4 Å². The highest BCUT2D eigenvalue weighted by Gasteiger charge is 2.21.